The van der Waals surface area contributed by atoms with Crippen LogP contribution < -0.4 is 5.32 Å². The van der Waals surface area contributed by atoms with Crippen molar-refractivity contribution < 1.29 is 9.90 Å². The van der Waals surface area contributed by atoms with Gasteiger partial charge in [-0.2, -0.15) is 5.10 Å². The summed E-state index contributed by atoms with van der Waals surface area (Å²) in [6.45, 7) is 3.99. The third kappa shape index (κ3) is 3.70. The number of rotatable bonds is 6. The topological polar surface area (TPSA) is 67.2 Å². The monoisotopic (exact) mass is 287 g/mol. The van der Waals surface area contributed by atoms with Gasteiger partial charge in [0.15, 0.2) is 0 Å². The van der Waals surface area contributed by atoms with Crippen LogP contribution in [0.2, 0.25) is 0 Å². The number of carbonyl (C=O) groups excluding carboxylic acids is 1. The molecule has 5 heteroatoms. The first-order chi connectivity index (χ1) is 10.1. The van der Waals surface area contributed by atoms with E-state index in [1.54, 1.807) is 23.0 Å². The van der Waals surface area contributed by atoms with Gasteiger partial charge in [-0.3, -0.25) is 4.79 Å². The Morgan fingerprint density at radius 2 is 2.24 bits per heavy atom. The highest BCUT2D eigenvalue weighted by atomic mass is 16.3. The summed E-state index contributed by atoms with van der Waals surface area (Å²) in [6, 6.07) is 9.15. The van der Waals surface area contributed by atoms with Crippen molar-refractivity contribution in [2.45, 2.75) is 32.2 Å². The van der Waals surface area contributed by atoms with E-state index in [0.29, 0.717) is 12.0 Å². The summed E-state index contributed by atoms with van der Waals surface area (Å²) in [7, 11) is 0. The molecule has 1 heterocycles. The molecule has 2 aromatic rings. The molecule has 0 bridgehead atoms. The SMILES string of the molecule is CCC(C)(CCO)NC(=O)c1cccc(-n2cccn2)c1. The minimum absolute atomic E-state index is 0.0535. The molecule has 0 radical (unpaired) electrons. The lowest BCUT2D eigenvalue weighted by atomic mass is 9.94. The van der Waals surface area contributed by atoms with Gasteiger partial charge in [-0.05, 0) is 44.0 Å². The van der Waals surface area contributed by atoms with Gasteiger partial charge in [0.05, 0.1) is 5.69 Å². The molecule has 1 aromatic carbocycles. The summed E-state index contributed by atoms with van der Waals surface area (Å²) in [6.07, 6.45) is 4.83. The Hall–Kier alpha value is -2.14. The lowest BCUT2D eigenvalue weighted by Crippen LogP contribution is -2.46. The average molecular weight is 287 g/mol. The van der Waals surface area contributed by atoms with Crippen molar-refractivity contribution in [1.82, 2.24) is 15.1 Å². The molecule has 0 aliphatic carbocycles. The van der Waals surface area contributed by atoms with E-state index in [4.69, 9.17) is 5.11 Å². The van der Waals surface area contributed by atoms with Gasteiger partial charge in [0, 0.05) is 30.1 Å². The van der Waals surface area contributed by atoms with Gasteiger partial charge in [-0.15, -0.1) is 0 Å². The van der Waals surface area contributed by atoms with Crippen LogP contribution in [-0.4, -0.2) is 32.9 Å². The van der Waals surface area contributed by atoms with E-state index in [-0.39, 0.29) is 12.5 Å². The van der Waals surface area contributed by atoms with Crippen molar-refractivity contribution in [3.8, 4) is 5.69 Å². The van der Waals surface area contributed by atoms with Crippen LogP contribution in [0.3, 0.4) is 0 Å². The van der Waals surface area contributed by atoms with Crippen LogP contribution in [0.15, 0.2) is 42.7 Å². The predicted molar refractivity (Wildman–Crippen MR) is 81.4 cm³/mol. The largest absolute Gasteiger partial charge is 0.396 e. The molecule has 21 heavy (non-hydrogen) atoms. The van der Waals surface area contributed by atoms with E-state index < -0.39 is 5.54 Å². The second kappa shape index (κ2) is 6.54. The fourth-order valence-electron chi connectivity index (χ4n) is 2.13. The lowest BCUT2D eigenvalue weighted by molar-refractivity contribution is 0.0886. The maximum absolute atomic E-state index is 12.4. The molecule has 1 atom stereocenters. The molecular formula is C16H21N3O2. The van der Waals surface area contributed by atoms with Crippen molar-refractivity contribution in [3.05, 3.63) is 48.3 Å². The Balaban J connectivity index is 2.18. The molecular weight excluding hydrogens is 266 g/mol. The highest BCUT2D eigenvalue weighted by Crippen LogP contribution is 2.16. The number of carbonyl (C=O) groups is 1. The summed E-state index contributed by atoms with van der Waals surface area (Å²) in [5.74, 6) is -0.137. The normalized spacial score (nSPS) is 13.7. The van der Waals surface area contributed by atoms with E-state index in [9.17, 15) is 4.79 Å². The van der Waals surface area contributed by atoms with Crippen LogP contribution in [0, 0.1) is 0 Å². The minimum atomic E-state index is -0.395. The summed E-state index contributed by atoms with van der Waals surface area (Å²) in [5.41, 5.74) is 1.03. The van der Waals surface area contributed by atoms with E-state index in [0.717, 1.165) is 12.1 Å². The molecule has 0 spiro atoms. The lowest BCUT2D eigenvalue weighted by Gasteiger charge is -2.29. The minimum Gasteiger partial charge on any atom is -0.396 e. The smallest absolute Gasteiger partial charge is 0.251 e. The standard InChI is InChI=1S/C16H21N3O2/c1-3-16(2,8-11-20)18-15(21)13-6-4-7-14(12-13)19-10-5-9-17-19/h4-7,9-10,12,20H,3,8,11H2,1-2H3,(H,18,21). The van der Waals surface area contributed by atoms with Crippen molar-refractivity contribution in [3.63, 3.8) is 0 Å². The second-order valence-electron chi connectivity index (χ2n) is 5.34. The number of amides is 1. The van der Waals surface area contributed by atoms with Crippen LogP contribution >= 0.6 is 0 Å². The fraction of sp³-hybridized carbons (Fsp3) is 0.375. The molecule has 0 saturated carbocycles. The molecule has 2 N–H and O–H groups in total. The third-order valence-electron chi connectivity index (χ3n) is 3.74. The summed E-state index contributed by atoms with van der Waals surface area (Å²) in [5, 5.41) is 16.3. The zero-order chi connectivity index (χ0) is 15.3. The van der Waals surface area contributed by atoms with Gasteiger partial charge in [0.1, 0.15) is 0 Å². The van der Waals surface area contributed by atoms with E-state index in [2.05, 4.69) is 10.4 Å². The van der Waals surface area contributed by atoms with E-state index in [1.807, 2.05) is 38.2 Å². The number of aromatic nitrogens is 2. The van der Waals surface area contributed by atoms with Crippen molar-refractivity contribution >= 4 is 5.91 Å². The van der Waals surface area contributed by atoms with Gasteiger partial charge >= 0.3 is 0 Å². The van der Waals surface area contributed by atoms with Gasteiger partial charge in [-0.1, -0.05) is 13.0 Å². The molecule has 0 saturated heterocycles. The Morgan fingerprint density at radius 3 is 2.86 bits per heavy atom. The molecule has 0 fully saturated rings. The molecule has 2 rings (SSSR count). The Bertz CT molecular complexity index is 595. The highest BCUT2D eigenvalue weighted by Gasteiger charge is 2.24. The molecule has 1 unspecified atom stereocenters. The number of benzene rings is 1. The van der Waals surface area contributed by atoms with Crippen molar-refractivity contribution in [2.75, 3.05) is 6.61 Å². The zero-order valence-corrected chi connectivity index (χ0v) is 12.4. The third-order valence-corrected chi connectivity index (χ3v) is 3.74. The van der Waals surface area contributed by atoms with Gasteiger partial charge in [-0.25, -0.2) is 4.68 Å². The molecule has 1 aromatic heterocycles. The Morgan fingerprint density at radius 1 is 1.43 bits per heavy atom. The van der Waals surface area contributed by atoms with E-state index in [1.165, 1.54) is 0 Å². The van der Waals surface area contributed by atoms with Crippen LogP contribution in [0.1, 0.15) is 37.0 Å². The van der Waals surface area contributed by atoms with Crippen LogP contribution in [0.4, 0.5) is 0 Å². The molecule has 5 nitrogen and oxygen atoms in total. The molecule has 112 valence electrons. The quantitative estimate of drug-likeness (QED) is 0.855. The number of nitrogens with zero attached hydrogens (tertiary/aromatic N) is 2. The molecule has 0 aliphatic rings. The van der Waals surface area contributed by atoms with Crippen LogP contribution in [-0.2, 0) is 0 Å². The summed E-state index contributed by atoms with van der Waals surface area (Å²) >= 11 is 0. The number of hydrogen-bond donors (Lipinski definition) is 2. The molecule has 1 amide bonds. The van der Waals surface area contributed by atoms with Gasteiger partial charge < -0.3 is 10.4 Å². The maximum Gasteiger partial charge on any atom is 0.251 e. The van der Waals surface area contributed by atoms with Crippen LogP contribution in [0.25, 0.3) is 5.69 Å². The van der Waals surface area contributed by atoms with Gasteiger partial charge in [0.25, 0.3) is 5.91 Å². The molecule has 0 aliphatic heterocycles. The predicted octanol–water partition coefficient (Wildman–Crippen LogP) is 2.15. The average Bonchev–Trinajstić information content (AvgIpc) is 3.02. The first-order valence-electron chi connectivity index (χ1n) is 7.11. The number of aliphatic hydroxyl groups excluding tert-OH is 1. The summed E-state index contributed by atoms with van der Waals surface area (Å²) < 4.78 is 1.71. The van der Waals surface area contributed by atoms with Gasteiger partial charge in [0.2, 0.25) is 0 Å². The maximum atomic E-state index is 12.4. The van der Waals surface area contributed by atoms with E-state index >= 15 is 0 Å². The number of nitrogens with one attached hydrogen (secondary N) is 1. The Labute approximate surface area is 124 Å². The first kappa shape index (κ1) is 15.3. The Kier molecular flexibility index (Phi) is 4.75. The number of hydrogen-bond acceptors (Lipinski definition) is 3. The summed E-state index contributed by atoms with van der Waals surface area (Å²) in [4.78, 5) is 12.4. The van der Waals surface area contributed by atoms with Crippen molar-refractivity contribution in [2.24, 2.45) is 0 Å². The highest BCUT2D eigenvalue weighted by molar-refractivity contribution is 5.95. The van der Waals surface area contributed by atoms with Crippen LogP contribution in [0.5, 0.6) is 0 Å². The second-order valence-corrected chi connectivity index (χ2v) is 5.34. The fourth-order valence-corrected chi connectivity index (χ4v) is 2.13. The first-order valence-corrected chi connectivity index (χ1v) is 7.11. The zero-order valence-electron chi connectivity index (χ0n) is 12.4. The van der Waals surface area contributed by atoms with Crippen molar-refractivity contribution in [1.29, 1.82) is 0 Å². The number of aliphatic hydroxyl groups is 1.